The number of benzene rings is 1. The monoisotopic (exact) mass is 501 g/mol. The number of sulfonamides is 1. The van der Waals surface area contributed by atoms with E-state index in [1.54, 1.807) is 0 Å². The van der Waals surface area contributed by atoms with Crippen molar-refractivity contribution in [1.82, 2.24) is 4.72 Å². The fraction of sp³-hybridized carbons (Fsp3) is 0.708. The standard InChI is InChI=1S/C24H30F3NO5S/c1-32-4-5-34(30,31)28-22(29)18-9-16(6-14-2-3-14)20(10-19(18)25)33-13-23-11-15-7-17(12-23)24(26,27)21(23)8-15/h9-10,14-15,17,21H,2-8,11-13H2,1H3,(H,28,29). The Balaban J connectivity index is 1.36. The van der Waals surface area contributed by atoms with Gasteiger partial charge < -0.3 is 9.47 Å². The number of ether oxygens (including phenoxy) is 2. The molecule has 1 aromatic carbocycles. The third-order valence-electron chi connectivity index (χ3n) is 8.20. The molecular weight excluding hydrogens is 471 g/mol. The second-order valence-corrected chi connectivity index (χ2v) is 12.5. The van der Waals surface area contributed by atoms with Gasteiger partial charge in [-0.05, 0) is 68.4 Å². The zero-order valence-electron chi connectivity index (χ0n) is 19.1. The SMILES string of the molecule is COCCS(=O)(=O)NC(=O)c1cc(CC2CC2)c(OCC23CC4CC(C2)C(F)(F)C3C4)cc1F. The summed E-state index contributed by atoms with van der Waals surface area (Å²) in [5.41, 5.74) is -0.366. The summed E-state index contributed by atoms with van der Waals surface area (Å²) in [6.07, 6.45) is 4.81. The molecule has 1 amide bonds. The summed E-state index contributed by atoms with van der Waals surface area (Å²) in [5.74, 6) is -5.40. The summed E-state index contributed by atoms with van der Waals surface area (Å²) in [6.45, 7) is 0.00259. The summed E-state index contributed by atoms with van der Waals surface area (Å²) in [7, 11) is -2.64. The molecule has 5 fully saturated rings. The third-order valence-corrected chi connectivity index (χ3v) is 9.40. The maximum absolute atomic E-state index is 14.9. The minimum absolute atomic E-state index is 0.103. The number of methoxy groups -OCH3 is 1. The molecular formula is C24H30F3NO5S. The molecule has 5 aliphatic carbocycles. The highest BCUT2D eigenvalue weighted by Gasteiger charge is 2.71. The number of rotatable bonds is 10. The van der Waals surface area contributed by atoms with E-state index in [2.05, 4.69) is 0 Å². The Morgan fingerprint density at radius 1 is 1.21 bits per heavy atom. The quantitative estimate of drug-likeness (QED) is 0.525. The first kappa shape index (κ1) is 23.9. The van der Waals surface area contributed by atoms with Crippen LogP contribution < -0.4 is 9.46 Å². The Labute approximate surface area is 197 Å². The lowest BCUT2D eigenvalue weighted by Crippen LogP contribution is -2.36. The summed E-state index contributed by atoms with van der Waals surface area (Å²) in [6, 6.07) is 2.44. The van der Waals surface area contributed by atoms with Gasteiger partial charge in [0.1, 0.15) is 11.6 Å². The number of halogens is 3. The fourth-order valence-electron chi connectivity index (χ4n) is 6.49. The van der Waals surface area contributed by atoms with Crippen LogP contribution >= 0.6 is 0 Å². The molecule has 1 N–H and O–H groups in total. The number of amides is 1. The molecule has 4 unspecified atom stereocenters. The van der Waals surface area contributed by atoms with Gasteiger partial charge in [0.15, 0.2) is 0 Å². The normalized spacial score (nSPS) is 31.1. The second kappa shape index (κ2) is 8.40. The zero-order chi connectivity index (χ0) is 24.3. The van der Waals surface area contributed by atoms with Gasteiger partial charge >= 0.3 is 0 Å². The van der Waals surface area contributed by atoms with Gasteiger partial charge in [-0.15, -0.1) is 0 Å². The average Bonchev–Trinajstić information content (AvgIpc) is 3.52. The van der Waals surface area contributed by atoms with Crippen LogP contribution in [0.25, 0.3) is 0 Å². The van der Waals surface area contributed by atoms with E-state index >= 15 is 0 Å². The maximum Gasteiger partial charge on any atom is 0.267 e. The van der Waals surface area contributed by atoms with E-state index in [9.17, 15) is 26.4 Å². The van der Waals surface area contributed by atoms with Crippen LogP contribution in [-0.2, 0) is 21.2 Å². The molecule has 6 rings (SSSR count). The van der Waals surface area contributed by atoms with Crippen molar-refractivity contribution in [2.45, 2.75) is 50.9 Å². The van der Waals surface area contributed by atoms with Gasteiger partial charge in [-0.1, -0.05) is 0 Å². The Bertz CT molecular complexity index is 1090. The molecule has 0 spiro atoms. The predicted octanol–water partition coefficient (Wildman–Crippen LogP) is 3.93. The minimum Gasteiger partial charge on any atom is -0.493 e. The van der Waals surface area contributed by atoms with Crippen LogP contribution in [0, 0.1) is 34.9 Å². The molecule has 6 nitrogen and oxygen atoms in total. The van der Waals surface area contributed by atoms with Crippen LogP contribution in [0.2, 0.25) is 0 Å². The molecule has 0 heterocycles. The summed E-state index contributed by atoms with van der Waals surface area (Å²) < 4.78 is 81.2. The van der Waals surface area contributed by atoms with E-state index in [1.807, 2.05) is 4.72 Å². The van der Waals surface area contributed by atoms with Crippen molar-refractivity contribution in [1.29, 1.82) is 0 Å². The summed E-state index contributed by atoms with van der Waals surface area (Å²) in [5, 5.41) is 0. The van der Waals surface area contributed by atoms with Crippen molar-refractivity contribution in [2.75, 3.05) is 26.1 Å². The molecule has 5 aliphatic rings. The minimum atomic E-state index is -3.98. The number of hydrogen-bond acceptors (Lipinski definition) is 5. The zero-order valence-corrected chi connectivity index (χ0v) is 19.9. The van der Waals surface area contributed by atoms with Gasteiger partial charge in [-0.2, -0.15) is 0 Å². The lowest BCUT2D eigenvalue weighted by Gasteiger charge is -2.32. The Morgan fingerprint density at radius 2 is 1.97 bits per heavy atom. The topological polar surface area (TPSA) is 81.7 Å². The van der Waals surface area contributed by atoms with Crippen LogP contribution in [0.4, 0.5) is 13.2 Å². The molecule has 1 aromatic rings. The van der Waals surface area contributed by atoms with Crippen LogP contribution in [0.5, 0.6) is 5.75 Å². The molecule has 4 atom stereocenters. The van der Waals surface area contributed by atoms with Crippen molar-refractivity contribution >= 4 is 15.9 Å². The molecule has 0 radical (unpaired) electrons. The van der Waals surface area contributed by atoms with Crippen LogP contribution in [0.1, 0.15) is 54.4 Å². The molecule has 4 bridgehead atoms. The highest BCUT2D eigenvalue weighted by Crippen LogP contribution is 2.70. The number of carbonyl (C=O) groups is 1. The highest BCUT2D eigenvalue weighted by atomic mass is 32.2. The van der Waals surface area contributed by atoms with Crippen LogP contribution in [-0.4, -0.2) is 46.3 Å². The first-order valence-corrected chi connectivity index (χ1v) is 13.5. The largest absolute Gasteiger partial charge is 0.493 e. The van der Waals surface area contributed by atoms with Crippen molar-refractivity contribution in [3.05, 3.63) is 29.1 Å². The van der Waals surface area contributed by atoms with Crippen molar-refractivity contribution in [2.24, 2.45) is 29.1 Å². The third kappa shape index (κ3) is 4.32. The molecule has 0 aliphatic heterocycles. The smallest absolute Gasteiger partial charge is 0.267 e. The Hall–Kier alpha value is -1.81. The summed E-state index contributed by atoms with van der Waals surface area (Å²) in [4.78, 5) is 12.5. The summed E-state index contributed by atoms with van der Waals surface area (Å²) >= 11 is 0. The van der Waals surface area contributed by atoms with E-state index in [-0.39, 0.29) is 24.5 Å². The van der Waals surface area contributed by atoms with Gasteiger partial charge in [0.2, 0.25) is 10.0 Å². The van der Waals surface area contributed by atoms with Crippen LogP contribution in [0.3, 0.4) is 0 Å². The van der Waals surface area contributed by atoms with Crippen LogP contribution in [0.15, 0.2) is 12.1 Å². The molecule has 34 heavy (non-hydrogen) atoms. The van der Waals surface area contributed by atoms with E-state index in [4.69, 9.17) is 9.47 Å². The lowest BCUT2D eigenvalue weighted by molar-refractivity contribution is -0.105. The predicted molar refractivity (Wildman–Crippen MR) is 118 cm³/mol. The molecule has 0 saturated heterocycles. The van der Waals surface area contributed by atoms with E-state index in [0.29, 0.717) is 49.5 Å². The molecule has 5 saturated carbocycles. The second-order valence-electron chi connectivity index (χ2n) is 10.7. The van der Waals surface area contributed by atoms with Gasteiger partial charge in [0.05, 0.1) is 24.5 Å². The van der Waals surface area contributed by atoms with Crippen molar-refractivity contribution in [3.63, 3.8) is 0 Å². The Morgan fingerprint density at radius 3 is 2.68 bits per heavy atom. The molecule has 10 heteroatoms. The van der Waals surface area contributed by atoms with Crippen molar-refractivity contribution in [3.8, 4) is 5.75 Å². The van der Waals surface area contributed by atoms with Gasteiger partial charge in [-0.3, -0.25) is 4.79 Å². The first-order chi connectivity index (χ1) is 16.0. The first-order valence-electron chi connectivity index (χ1n) is 11.9. The molecule has 0 aromatic heterocycles. The number of alkyl halides is 2. The van der Waals surface area contributed by atoms with Gasteiger partial charge in [-0.25, -0.2) is 26.3 Å². The lowest BCUT2D eigenvalue weighted by atomic mass is 9.76. The number of hydrogen-bond donors (Lipinski definition) is 1. The number of carbonyl (C=O) groups excluding carboxylic acids is 1. The van der Waals surface area contributed by atoms with Gasteiger partial charge in [0.25, 0.3) is 11.8 Å². The Kier molecular flexibility index (Phi) is 5.90. The fourth-order valence-corrected chi connectivity index (χ4v) is 7.37. The van der Waals surface area contributed by atoms with E-state index in [0.717, 1.165) is 18.9 Å². The van der Waals surface area contributed by atoms with Crippen molar-refractivity contribution < 1.29 is 35.9 Å². The highest BCUT2D eigenvalue weighted by molar-refractivity contribution is 7.90. The van der Waals surface area contributed by atoms with E-state index in [1.165, 1.54) is 13.2 Å². The van der Waals surface area contributed by atoms with E-state index < -0.39 is 50.7 Å². The number of nitrogens with one attached hydrogen (secondary N) is 1. The van der Waals surface area contributed by atoms with Gasteiger partial charge in [0, 0.05) is 30.4 Å². The maximum atomic E-state index is 14.9. The molecule has 188 valence electrons. The average molecular weight is 502 g/mol.